The monoisotopic (exact) mass is 376 g/mol. The Kier molecular flexibility index (Phi) is 5.09. The van der Waals surface area contributed by atoms with Gasteiger partial charge in [-0.05, 0) is 59.7 Å². The molecule has 1 fully saturated rings. The molecule has 1 N–H and O–H groups in total. The lowest BCUT2D eigenvalue weighted by Crippen LogP contribution is -2.41. The molecular weight excluding hydrogens is 356 g/mol. The molecule has 0 bridgehead atoms. The van der Waals surface area contributed by atoms with Gasteiger partial charge in [0.25, 0.3) is 5.91 Å². The van der Waals surface area contributed by atoms with Crippen molar-refractivity contribution in [2.45, 2.75) is 12.8 Å². The van der Waals surface area contributed by atoms with Crippen LogP contribution < -0.4 is 5.32 Å². The van der Waals surface area contributed by atoms with Gasteiger partial charge < -0.3 is 10.2 Å². The fourth-order valence-electron chi connectivity index (χ4n) is 3.33. The SMILES string of the molecule is O=C(Nc1ccccc1)C1CCN(C(=O)c2ccc(-n3cnnn3)cc2)CC1. The molecule has 8 heteroatoms. The van der Waals surface area contributed by atoms with E-state index in [1.807, 2.05) is 42.5 Å². The highest BCUT2D eigenvalue weighted by atomic mass is 16.2. The number of amides is 2. The summed E-state index contributed by atoms with van der Waals surface area (Å²) in [7, 11) is 0. The third-order valence-electron chi connectivity index (χ3n) is 4.92. The predicted octanol–water partition coefficient (Wildman–Crippen LogP) is 2.15. The van der Waals surface area contributed by atoms with E-state index in [1.165, 1.54) is 11.0 Å². The van der Waals surface area contributed by atoms with E-state index < -0.39 is 0 Å². The van der Waals surface area contributed by atoms with E-state index >= 15 is 0 Å². The summed E-state index contributed by atoms with van der Waals surface area (Å²) in [4.78, 5) is 27.0. The number of carbonyl (C=O) groups excluding carboxylic acids is 2. The van der Waals surface area contributed by atoms with Crippen molar-refractivity contribution in [3.05, 3.63) is 66.5 Å². The largest absolute Gasteiger partial charge is 0.339 e. The summed E-state index contributed by atoms with van der Waals surface area (Å²) in [6.07, 6.45) is 2.82. The Bertz CT molecular complexity index is 933. The molecule has 2 heterocycles. The van der Waals surface area contributed by atoms with Crippen molar-refractivity contribution in [2.75, 3.05) is 18.4 Å². The molecule has 8 nitrogen and oxygen atoms in total. The van der Waals surface area contributed by atoms with Gasteiger partial charge in [-0.25, -0.2) is 4.68 Å². The standard InChI is InChI=1S/C20H20N6O2/c27-19(22-17-4-2-1-3-5-17)15-10-12-25(13-11-15)20(28)16-6-8-18(9-7-16)26-14-21-23-24-26/h1-9,14-15H,10-13H2,(H,22,27). The molecule has 2 amide bonds. The highest BCUT2D eigenvalue weighted by Crippen LogP contribution is 2.21. The van der Waals surface area contributed by atoms with E-state index in [9.17, 15) is 9.59 Å². The number of para-hydroxylation sites is 1. The summed E-state index contributed by atoms with van der Waals surface area (Å²) >= 11 is 0. The third-order valence-corrected chi connectivity index (χ3v) is 4.92. The number of aromatic nitrogens is 4. The number of piperidine rings is 1. The first-order chi connectivity index (χ1) is 13.7. The fraction of sp³-hybridized carbons (Fsp3) is 0.250. The van der Waals surface area contributed by atoms with Gasteiger partial charge in [-0.1, -0.05) is 18.2 Å². The minimum Gasteiger partial charge on any atom is -0.339 e. The zero-order valence-electron chi connectivity index (χ0n) is 15.2. The molecule has 3 aromatic rings. The van der Waals surface area contributed by atoms with Crippen LogP contribution in [0.15, 0.2) is 60.9 Å². The van der Waals surface area contributed by atoms with Crippen molar-refractivity contribution in [3.8, 4) is 5.69 Å². The van der Waals surface area contributed by atoms with Crippen molar-refractivity contribution < 1.29 is 9.59 Å². The van der Waals surface area contributed by atoms with Gasteiger partial charge in [-0.2, -0.15) is 0 Å². The van der Waals surface area contributed by atoms with E-state index in [-0.39, 0.29) is 17.7 Å². The number of nitrogens with zero attached hydrogens (tertiary/aromatic N) is 5. The van der Waals surface area contributed by atoms with E-state index in [0.717, 1.165) is 11.4 Å². The molecule has 0 aliphatic carbocycles. The molecule has 1 saturated heterocycles. The Balaban J connectivity index is 1.33. The number of tetrazole rings is 1. The number of carbonyl (C=O) groups is 2. The van der Waals surface area contributed by atoms with E-state index in [1.54, 1.807) is 17.0 Å². The lowest BCUT2D eigenvalue weighted by molar-refractivity contribution is -0.121. The first-order valence-corrected chi connectivity index (χ1v) is 9.19. The summed E-state index contributed by atoms with van der Waals surface area (Å²) in [6.45, 7) is 1.14. The topological polar surface area (TPSA) is 93.0 Å². The molecule has 4 rings (SSSR count). The molecule has 1 aliphatic heterocycles. The van der Waals surface area contributed by atoms with Gasteiger partial charge in [0, 0.05) is 30.3 Å². The van der Waals surface area contributed by atoms with Crippen molar-refractivity contribution >= 4 is 17.5 Å². The van der Waals surface area contributed by atoms with Crippen LogP contribution in [0.4, 0.5) is 5.69 Å². The van der Waals surface area contributed by atoms with Crippen LogP contribution in [0.25, 0.3) is 5.69 Å². The Morgan fingerprint density at radius 3 is 2.32 bits per heavy atom. The van der Waals surface area contributed by atoms with Crippen LogP contribution in [0, 0.1) is 5.92 Å². The Labute approximate surface area is 162 Å². The van der Waals surface area contributed by atoms with E-state index in [0.29, 0.717) is 31.5 Å². The van der Waals surface area contributed by atoms with Crippen LogP contribution in [0.2, 0.25) is 0 Å². The number of benzene rings is 2. The summed E-state index contributed by atoms with van der Waals surface area (Å²) in [6, 6.07) is 16.6. The Morgan fingerprint density at radius 1 is 0.964 bits per heavy atom. The molecule has 0 unspecified atom stereocenters. The minimum atomic E-state index is -0.0774. The van der Waals surface area contributed by atoms with E-state index in [2.05, 4.69) is 20.8 Å². The second kappa shape index (κ2) is 7.99. The minimum absolute atomic E-state index is 0.0177. The second-order valence-corrected chi connectivity index (χ2v) is 6.72. The van der Waals surface area contributed by atoms with Crippen molar-refractivity contribution in [2.24, 2.45) is 5.92 Å². The fourth-order valence-corrected chi connectivity index (χ4v) is 3.33. The summed E-state index contributed by atoms with van der Waals surface area (Å²) < 4.78 is 1.53. The van der Waals surface area contributed by atoms with Gasteiger partial charge in [0.15, 0.2) is 0 Å². The lowest BCUT2D eigenvalue weighted by atomic mass is 9.95. The number of hydrogen-bond donors (Lipinski definition) is 1. The maximum atomic E-state index is 12.7. The summed E-state index contributed by atoms with van der Waals surface area (Å²) in [5.74, 6) is -0.0827. The Hall–Kier alpha value is -3.55. The summed E-state index contributed by atoms with van der Waals surface area (Å²) in [5.41, 5.74) is 2.20. The molecule has 1 aromatic heterocycles. The van der Waals surface area contributed by atoms with Crippen LogP contribution in [-0.4, -0.2) is 50.0 Å². The predicted molar refractivity (Wildman–Crippen MR) is 103 cm³/mol. The molecule has 1 aliphatic rings. The highest BCUT2D eigenvalue weighted by Gasteiger charge is 2.27. The molecule has 0 atom stereocenters. The van der Waals surface area contributed by atoms with Crippen molar-refractivity contribution in [1.82, 2.24) is 25.1 Å². The average molecular weight is 376 g/mol. The smallest absolute Gasteiger partial charge is 0.253 e. The van der Waals surface area contributed by atoms with Crippen molar-refractivity contribution in [3.63, 3.8) is 0 Å². The molecule has 142 valence electrons. The normalized spacial score (nSPS) is 14.6. The first-order valence-electron chi connectivity index (χ1n) is 9.19. The van der Waals surface area contributed by atoms with Crippen molar-refractivity contribution in [1.29, 1.82) is 0 Å². The molecule has 0 radical (unpaired) electrons. The molecule has 28 heavy (non-hydrogen) atoms. The molecular formula is C20H20N6O2. The zero-order chi connectivity index (χ0) is 19.3. The highest BCUT2D eigenvalue weighted by molar-refractivity contribution is 5.95. The first kappa shape index (κ1) is 17.8. The Morgan fingerprint density at radius 2 is 1.68 bits per heavy atom. The van der Waals surface area contributed by atoms with Crippen LogP contribution in [0.5, 0.6) is 0 Å². The maximum absolute atomic E-state index is 12.7. The van der Waals surface area contributed by atoms with Gasteiger partial charge in [-0.15, -0.1) is 5.10 Å². The lowest BCUT2D eigenvalue weighted by Gasteiger charge is -2.31. The number of hydrogen-bond acceptors (Lipinski definition) is 5. The van der Waals surface area contributed by atoms with Gasteiger partial charge in [0.1, 0.15) is 6.33 Å². The second-order valence-electron chi connectivity index (χ2n) is 6.72. The molecule has 2 aromatic carbocycles. The van der Waals surface area contributed by atoms with Gasteiger partial charge in [0.05, 0.1) is 5.69 Å². The zero-order valence-corrected chi connectivity index (χ0v) is 15.2. The van der Waals surface area contributed by atoms with Crippen LogP contribution >= 0.6 is 0 Å². The van der Waals surface area contributed by atoms with Crippen LogP contribution in [-0.2, 0) is 4.79 Å². The molecule has 0 spiro atoms. The number of anilines is 1. The quantitative estimate of drug-likeness (QED) is 0.753. The average Bonchev–Trinajstić information content (AvgIpc) is 3.29. The molecule has 0 saturated carbocycles. The number of rotatable bonds is 4. The summed E-state index contributed by atoms with van der Waals surface area (Å²) in [5, 5.41) is 14.0. The van der Waals surface area contributed by atoms with E-state index in [4.69, 9.17) is 0 Å². The maximum Gasteiger partial charge on any atom is 0.253 e. The van der Waals surface area contributed by atoms with Crippen LogP contribution in [0.1, 0.15) is 23.2 Å². The van der Waals surface area contributed by atoms with Gasteiger partial charge in [-0.3, -0.25) is 9.59 Å². The third kappa shape index (κ3) is 3.90. The number of likely N-dealkylation sites (tertiary alicyclic amines) is 1. The number of nitrogens with one attached hydrogen (secondary N) is 1. The van der Waals surface area contributed by atoms with Gasteiger partial charge >= 0.3 is 0 Å². The van der Waals surface area contributed by atoms with Gasteiger partial charge in [0.2, 0.25) is 5.91 Å². The van der Waals surface area contributed by atoms with Crippen LogP contribution in [0.3, 0.4) is 0 Å².